The zero-order valence-electron chi connectivity index (χ0n) is 15.0. The van der Waals surface area contributed by atoms with Crippen molar-refractivity contribution in [3.8, 4) is 5.75 Å². The van der Waals surface area contributed by atoms with E-state index < -0.39 is 0 Å². The number of nitrogens with zero attached hydrogens (tertiary/aromatic N) is 1. The minimum atomic E-state index is -0.0946. The first-order valence-electron chi connectivity index (χ1n) is 9.39. The van der Waals surface area contributed by atoms with E-state index in [1.165, 1.54) is 0 Å². The molecule has 25 heavy (non-hydrogen) atoms. The van der Waals surface area contributed by atoms with Crippen LogP contribution in [0.5, 0.6) is 5.75 Å². The lowest BCUT2D eigenvalue weighted by Gasteiger charge is -2.46. The summed E-state index contributed by atoms with van der Waals surface area (Å²) < 4.78 is 5.52. The Morgan fingerprint density at radius 2 is 2.12 bits per heavy atom. The van der Waals surface area contributed by atoms with Gasteiger partial charge in [0.2, 0.25) is 5.91 Å². The second kappa shape index (κ2) is 7.89. The number of amides is 2. The second-order valence-electron chi connectivity index (χ2n) is 7.24. The van der Waals surface area contributed by atoms with Crippen molar-refractivity contribution >= 4 is 11.8 Å². The summed E-state index contributed by atoms with van der Waals surface area (Å²) in [6.07, 6.45) is 5.75. The van der Waals surface area contributed by atoms with Crippen LogP contribution in [-0.2, 0) is 9.59 Å². The van der Waals surface area contributed by atoms with Crippen molar-refractivity contribution in [3.63, 3.8) is 0 Å². The van der Waals surface area contributed by atoms with Crippen LogP contribution < -0.4 is 10.1 Å². The highest BCUT2D eigenvalue weighted by atomic mass is 16.5. The van der Waals surface area contributed by atoms with E-state index in [0.29, 0.717) is 18.7 Å². The van der Waals surface area contributed by atoms with Gasteiger partial charge in [-0.2, -0.15) is 0 Å². The Labute approximate surface area is 149 Å². The normalized spacial score (nSPS) is 25.6. The Kier molecular flexibility index (Phi) is 5.61. The van der Waals surface area contributed by atoms with Gasteiger partial charge in [0.25, 0.3) is 5.91 Å². The Morgan fingerprint density at radius 3 is 2.88 bits per heavy atom. The highest BCUT2D eigenvalue weighted by Gasteiger charge is 2.49. The van der Waals surface area contributed by atoms with Crippen molar-refractivity contribution in [2.75, 3.05) is 19.7 Å². The zero-order chi connectivity index (χ0) is 17.7. The van der Waals surface area contributed by atoms with Gasteiger partial charge in [0.05, 0.1) is 0 Å². The van der Waals surface area contributed by atoms with E-state index in [2.05, 4.69) is 17.1 Å². The first-order valence-corrected chi connectivity index (χ1v) is 9.39. The number of nitrogens with one attached hydrogen (secondary N) is 1. The summed E-state index contributed by atoms with van der Waals surface area (Å²) in [5.41, 5.74) is 0.0471. The molecule has 1 aliphatic carbocycles. The maximum absolute atomic E-state index is 12.3. The van der Waals surface area contributed by atoms with E-state index in [-0.39, 0.29) is 29.9 Å². The van der Waals surface area contributed by atoms with Crippen molar-refractivity contribution in [3.05, 3.63) is 30.3 Å². The Balaban J connectivity index is 1.55. The van der Waals surface area contributed by atoms with Crippen LogP contribution in [0.15, 0.2) is 30.3 Å². The van der Waals surface area contributed by atoms with Crippen molar-refractivity contribution in [1.29, 1.82) is 0 Å². The lowest BCUT2D eigenvalue weighted by atomic mass is 9.74. The van der Waals surface area contributed by atoms with Crippen LogP contribution in [0.4, 0.5) is 0 Å². The molecule has 136 valence electrons. The van der Waals surface area contributed by atoms with E-state index >= 15 is 0 Å². The summed E-state index contributed by atoms with van der Waals surface area (Å²) in [6.45, 7) is 3.61. The maximum Gasteiger partial charge on any atom is 0.257 e. The van der Waals surface area contributed by atoms with E-state index in [1.807, 2.05) is 30.3 Å². The summed E-state index contributed by atoms with van der Waals surface area (Å²) in [6, 6.07) is 9.65. The van der Waals surface area contributed by atoms with Crippen LogP contribution in [0.25, 0.3) is 0 Å². The average Bonchev–Trinajstić information content (AvgIpc) is 3.06. The molecule has 2 amide bonds. The highest BCUT2D eigenvalue weighted by molar-refractivity contribution is 5.79. The molecule has 0 radical (unpaired) electrons. The molecule has 1 aromatic rings. The summed E-state index contributed by atoms with van der Waals surface area (Å²) in [5, 5.41) is 3.06. The lowest BCUT2D eigenvalue weighted by Crippen LogP contribution is -2.56. The van der Waals surface area contributed by atoms with Crippen LogP contribution in [-0.4, -0.2) is 42.5 Å². The van der Waals surface area contributed by atoms with Crippen molar-refractivity contribution in [1.82, 2.24) is 10.2 Å². The van der Waals surface area contributed by atoms with Gasteiger partial charge in [0.1, 0.15) is 5.75 Å². The fraction of sp³-hybridized carbons (Fsp3) is 0.600. The largest absolute Gasteiger partial charge is 0.484 e. The number of hydrogen-bond donors (Lipinski definition) is 1. The Bertz CT molecular complexity index is 604. The number of piperidine rings is 1. The van der Waals surface area contributed by atoms with Gasteiger partial charge in [0.15, 0.2) is 6.61 Å². The number of ether oxygens (including phenoxy) is 1. The molecule has 1 heterocycles. The molecule has 2 atom stereocenters. The third-order valence-corrected chi connectivity index (χ3v) is 5.61. The van der Waals surface area contributed by atoms with Gasteiger partial charge in [-0.3, -0.25) is 9.59 Å². The highest BCUT2D eigenvalue weighted by Crippen LogP contribution is 2.47. The van der Waals surface area contributed by atoms with Gasteiger partial charge < -0.3 is 15.0 Å². The first-order chi connectivity index (χ1) is 12.1. The number of benzene rings is 1. The van der Waals surface area contributed by atoms with Crippen LogP contribution in [0, 0.1) is 5.41 Å². The molecule has 0 unspecified atom stereocenters. The molecule has 1 aliphatic heterocycles. The van der Waals surface area contributed by atoms with Gasteiger partial charge in [-0.1, -0.05) is 31.5 Å². The fourth-order valence-electron chi connectivity index (χ4n) is 4.38. The van der Waals surface area contributed by atoms with E-state index in [4.69, 9.17) is 4.74 Å². The number of carbonyl (C=O) groups is 2. The monoisotopic (exact) mass is 344 g/mol. The van der Waals surface area contributed by atoms with Crippen molar-refractivity contribution < 1.29 is 14.3 Å². The smallest absolute Gasteiger partial charge is 0.257 e. The summed E-state index contributed by atoms with van der Waals surface area (Å²) >= 11 is 0. The number of fused-ring (bicyclic) bond motifs is 1. The molecule has 1 saturated heterocycles. The second-order valence-corrected chi connectivity index (χ2v) is 7.24. The molecule has 0 bridgehead atoms. The quantitative estimate of drug-likeness (QED) is 0.827. The predicted octanol–water partition coefficient (Wildman–Crippen LogP) is 2.75. The topological polar surface area (TPSA) is 58.6 Å². The van der Waals surface area contributed by atoms with Gasteiger partial charge in [0, 0.05) is 31.0 Å². The Hall–Kier alpha value is -2.04. The SMILES string of the molecule is CCCN1C(=O)CC[C@]2(CNC(=O)COc3ccccc3)CCC[C@@H]12. The van der Waals surface area contributed by atoms with E-state index in [1.54, 1.807) is 0 Å². The van der Waals surface area contributed by atoms with Crippen molar-refractivity contribution in [2.24, 2.45) is 5.41 Å². The molecule has 2 fully saturated rings. The molecule has 3 rings (SSSR count). The van der Waals surface area contributed by atoms with Crippen LogP contribution in [0.3, 0.4) is 0 Å². The number of para-hydroxylation sites is 1. The fourth-order valence-corrected chi connectivity index (χ4v) is 4.38. The molecule has 1 aromatic carbocycles. The molecule has 1 saturated carbocycles. The summed E-state index contributed by atoms with van der Waals surface area (Å²) in [7, 11) is 0. The molecule has 5 heteroatoms. The lowest BCUT2D eigenvalue weighted by molar-refractivity contribution is -0.142. The molecular weight excluding hydrogens is 316 g/mol. The van der Waals surface area contributed by atoms with Gasteiger partial charge in [-0.15, -0.1) is 0 Å². The molecule has 0 spiro atoms. The standard InChI is InChI=1S/C20H28N2O3/c1-2-13-22-17-9-6-11-20(17,12-10-19(22)24)15-21-18(23)14-25-16-7-4-3-5-8-16/h3-5,7-8,17H,2,6,9-15H2,1H3,(H,21,23)/t17-,20+/m1/s1. The number of hydrogen-bond acceptors (Lipinski definition) is 3. The number of carbonyl (C=O) groups excluding carboxylic acids is 2. The van der Waals surface area contributed by atoms with E-state index in [9.17, 15) is 9.59 Å². The van der Waals surface area contributed by atoms with Gasteiger partial charge in [-0.05, 0) is 37.8 Å². The summed E-state index contributed by atoms with van der Waals surface area (Å²) in [5.74, 6) is 0.887. The van der Waals surface area contributed by atoms with Gasteiger partial charge in [-0.25, -0.2) is 0 Å². The molecule has 5 nitrogen and oxygen atoms in total. The number of likely N-dealkylation sites (tertiary alicyclic amines) is 1. The summed E-state index contributed by atoms with van der Waals surface area (Å²) in [4.78, 5) is 26.6. The minimum Gasteiger partial charge on any atom is -0.484 e. The van der Waals surface area contributed by atoms with Gasteiger partial charge >= 0.3 is 0 Å². The van der Waals surface area contributed by atoms with Crippen LogP contribution in [0.1, 0.15) is 45.4 Å². The van der Waals surface area contributed by atoms with Crippen LogP contribution >= 0.6 is 0 Å². The minimum absolute atomic E-state index is 0.0301. The zero-order valence-corrected chi connectivity index (χ0v) is 15.0. The molecule has 1 N–H and O–H groups in total. The van der Waals surface area contributed by atoms with Crippen LogP contribution in [0.2, 0.25) is 0 Å². The third-order valence-electron chi connectivity index (χ3n) is 5.61. The Morgan fingerprint density at radius 1 is 1.32 bits per heavy atom. The molecule has 0 aromatic heterocycles. The number of rotatable bonds is 7. The molecule has 2 aliphatic rings. The maximum atomic E-state index is 12.3. The predicted molar refractivity (Wildman–Crippen MR) is 96.3 cm³/mol. The third kappa shape index (κ3) is 3.97. The van der Waals surface area contributed by atoms with Crippen molar-refractivity contribution in [2.45, 2.75) is 51.5 Å². The van der Waals surface area contributed by atoms with E-state index in [0.717, 1.165) is 38.6 Å². The molecular formula is C20H28N2O3. The first kappa shape index (κ1) is 17.8. The average molecular weight is 344 g/mol.